The van der Waals surface area contributed by atoms with Crippen molar-refractivity contribution >= 4 is 11.5 Å². The van der Waals surface area contributed by atoms with Crippen LogP contribution >= 0.6 is 0 Å². The van der Waals surface area contributed by atoms with Gasteiger partial charge >= 0.3 is 0 Å². The van der Waals surface area contributed by atoms with Crippen LogP contribution in [0.1, 0.15) is 5.56 Å². The molecule has 1 aliphatic heterocycles. The number of anilines is 2. The van der Waals surface area contributed by atoms with Crippen LogP contribution in [0.3, 0.4) is 0 Å². The van der Waals surface area contributed by atoms with Gasteiger partial charge in [0.05, 0.1) is 13.3 Å². The van der Waals surface area contributed by atoms with E-state index >= 15 is 0 Å². The third-order valence-electron chi connectivity index (χ3n) is 4.47. The Hall–Kier alpha value is -2.85. The highest BCUT2D eigenvalue weighted by molar-refractivity contribution is 5.62. The van der Waals surface area contributed by atoms with Crippen LogP contribution in [0.2, 0.25) is 0 Å². The second kappa shape index (κ2) is 5.65. The summed E-state index contributed by atoms with van der Waals surface area (Å²) in [5, 5.41) is 11.6. The van der Waals surface area contributed by atoms with Crippen molar-refractivity contribution in [1.82, 2.24) is 0 Å². The largest absolute Gasteiger partial charge is 0.497 e. The molecule has 0 saturated heterocycles. The van der Waals surface area contributed by atoms with E-state index in [4.69, 9.17) is 4.74 Å². The minimum atomic E-state index is -1.15. The third kappa shape index (κ3) is 2.23. The van der Waals surface area contributed by atoms with Gasteiger partial charge in [0.25, 0.3) is 11.5 Å². The average Bonchev–Trinajstić information content (AvgIpc) is 2.95. The summed E-state index contributed by atoms with van der Waals surface area (Å²) in [7, 11) is 1.64. The molecule has 0 bridgehead atoms. The molecular weight excluding hydrogens is 300 g/mol. The molecule has 0 spiro atoms. The molecule has 120 valence electrons. The standard InChI is InChI=1S/C20H19N2O2/c1-24-18-12-10-16(11-13-18)20(23)15-21-14-6-5-9-19(21)22(20)17-7-3-2-4-8-17/h2-14,23H,15H2,1H3/q+1/t20-/m0/s1. The molecular formula is C20H19N2O2+. The zero-order valence-electron chi connectivity index (χ0n) is 13.5. The van der Waals surface area contributed by atoms with Crippen LogP contribution in [0, 0.1) is 0 Å². The number of methoxy groups -OCH3 is 1. The van der Waals surface area contributed by atoms with E-state index in [-0.39, 0.29) is 0 Å². The summed E-state index contributed by atoms with van der Waals surface area (Å²) in [5.74, 6) is 1.73. The highest BCUT2D eigenvalue weighted by Crippen LogP contribution is 2.41. The first kappa shape index (κ1) is 14.7. The lowest BCUT2D eigenvalue weighted by molar-refractivity contribution is -0.683. The Morgan fingerprint density at radius 1 is 0.958 bits per heavy atom. The normalized spacial score (nSPS) is 19.2. The molecule has 2 aromatic carbocycles. The van der Waals surface area contributed by atoms with Gasteiger partial charge in [0.15, 0.2) is 6.54 Å². The molecule has 3 aromatic rings. The average molecular weight is 319 g/mol. The monoisotopic (exact) mass is 319 g/mol. The Morgan fingerprint density at radius 2 is 1.67 bits per heavy atom. The van der Waals surface area contributed by atoms with Gasteiger partial charge in [-0.1, -0.05) is 24.3 Å². The van der Waals surface area contributed by atoms with Crippen LogP contribution in [0.15, 0.2) is 79.0 Å². The SMILES string of the molecule is COc1ccc([C@@]2(O)C[n+]3ccccc3N2c2ccccc2)cc1. The van der Waals surface area contributed by atoms with Crippen LogP contribution < -0.4 is 14.2 Å². The Morgan fingerprint density at radius 3 is 2.38 bits per heavy atom. The molecule has 4 heteroatoms. The molecule has 0 fully saturated rings. The number of nitrogens with zero attached hydrogens (tertiary/aromatic N) is 2. The smallest absolute Gasteiger partial charge is 0.284 e. The quantitative estimate of drug-likeness (QED) is 0.754. The Bertz CT molecular complexity index is 849. The number of rotatable bonds is 3. The van der Waals surface area contributed by atoms with Gasteiger partial charge in [-0.25, -0.2) is 4.57 Å². The van der Waals surface area contributed by atoms with Crippen LogP contribution in [0.4, 0.5) is 11.5 Å². The van der Waals surface area contributed by atoms with E-state index in [0.29, 0.717) is 6.54 Å². The summed E-state index contributed by atoms with van der Waals surface area (Å²) >= 11 is 0. The van der Waals surface area contributed by atoms with Crippen molar-refractivity contribution in [1.29, 1.82) is 0 Å². The fraction of sp³-hybridized carbons (Fsp3) is 0.150. The number of para-hydroxylation sites is 1. The van der Waals surface area contributed by atoms with Gasteiger partial charge < -0.3 is 9.84 Å². The number of ether oxygens (including phenoxy) is 1. The molecule has 2 heterocycles. The lowest BCUT2D eigenvalue weighted by Crippen LogP contribution is -2.43. The molecule has 4 nitrogen and oxygen atoms in total. The van der Waals surface area contributed by atoms with E-state index in [1.165, 1.54) is 0 Å². The van der Waals surface area contributed by atoms with Crippen LogP contribution in [0.25, 0.3) is 0 Å². The first-order chi connectivity index (χ1) is 11.7. The molecule has 1 aromatic heterocycles. The van der Waals surface area contributed by atoms with Gasteiger partial charge in [0.2, 0.25) is 0 Å². The first-order valence-corrected chi connectivity index (χ1v) is 7.93. The van der Waals surface area contributed by atoms with Crippen molar-refractivity contribution in [2.75, 3.05) is 12.0 Å². The van der Waals surface area contributed by atoms with Gasteiger partial charge in [-0.2, -0.15) is 4.90 Å². The van der Waals surface area contributed by atoms with E-state index in [9.17, 15) is 5.11 Å². The number of benzene rings is 2. The summed E-state index contributed by atoms with van der Waals surface area (Å²) in [6.45, 7) is 0.463. The summed E-state index contributed by atoms with van der Waals surface area (Å²) in [6, 6.07) is 23.5. The predicted molar refractivity (Wildman–Crippen MR) is 92.1 cm³/mol. The summed E-state index contributed by atoms with van der Waals surface area (Å²) in [6.07, 6.45) is 1.99. The Balaban J connectivity index is 1.87. The van der Waals surface area contributed by atoms with Gasteiger partial charge in [-0.05, 0) is 42.5 Å². The van der Waals surface area contributed by atoms with Gasteiger partial charge in [-0.15, -0.1) is 0 Å². The van der Waals surface area contributed by atoms with E-state index in [0.717, 1.165) is 22.8 Å². The number of pyridine rings is 1. The minimum absolute atomic E-state index is 0.463. The van der Waals surface area contributed by atoms with Crippen molar-refractivity contribution in [3.63, 3.8) is 0 Å². The maximum absolute atomic E-state index is 11.6. The fourth-order valence-electron chi connectivity index (χ4n) is 3.30. The van der Waals surface area contributed by atoms with Crippen molar-refractivity contribution in [2.24, 2.45) is 0 Å². The molecule has 0 unspecified atom stereocenters. The minimum Gasteiger partial charge on any atom is -0.497 e. The number of aliphatic hydroxyl groups is 1. The first-order valence-electron chi connectivity index (χ1n) is 7.93. The zero-order valence-corrected chi connectivity index (χ0v) is 13.5. The van der Waals surface area contributed by atoms with Gasteiger partial charge in [0, 0.05) is 11.6 Å². The van der Waals surface area contributed by atoms with Crippen LogP contribution in [-0.4, -0.2) is 12.2 Å². The second-order valence-corrected chi connectivity index (χ2v) is 5.90. The fourth-order valence-corrected chi connectivity index (χ4v) is 3.30. The van der Waals surface area contributed by atoms with Crippen LogP contribution in [0.5, 0.6) is 5.75 Å². The number of fused-ring (bicyclic) bond motifs is 1. The van der Waals surface area contributed by atoms with Crippen molar-refractivity contribution in [3.05, 3.63) is 84.6 Å². The summed E-state index contributed by atoms with van der Waals surface area (Å²) < 4.78 is 7.30. The highest BCUT2D eigenvalue weighted by Gasteiger charge is 2.52. The van der Waals surface area contributed by atoms with E-state index in [1.807, 2.05) is 83.9 Å². The van der Waals surface area contributed by atoms with E-state index in [2.05, 4.69) is 4.57 Å². The molecule has 0 saturated carbocycles. The summed E-state index contributed by atoms with van der Waals surface area (Å²) in [4.78, 5) is 1.98. The molecule has 4 rings (SSSR count). The van der Waals surface area contributed by atoms with Crippen molar-refractivity contribution in [3.8, 4) is 5.75 Å². The molecule has 1 aliphatic rings. The predicted octanol–water partition coefficient (Wildman–Crippen LogP) is 2.98. The molecule has 0 radical (unpaired) electrons. The molecule has 0 aliphatic carbocycles. The summed E-state index contributed by atoms with van der Waals surface area (Å²) in [5.41, 5.74) is 0.631. The Labute approximate surface area is 141 Å². The molecule has 1 atom stereocenters. The van der Waals surface area contributed by atoms with Crippen molar-refractivity contribution in [2.45, 2.75) is 12.3 Å². The molecule has 1 N–H and O–H groups in total. The number of aromatic nitrogens is 1. The second-order valence-electron chi connectivity index (χ2n) is 5.90. The van der Waals surface area contributed by atoms with E-state index < -0.39 is 5.72 Å². The third-order valence-corrected chi connectivity index (χ3v) is 4.47. The highest BCUT2D eigenvalue weighted by atomic mass is 16.5. The lowest BCUT2D eigenvalue weighted by atomic mass is 10.0. The lowest BCUT2D eigenvalue weighted by Gasteiger charge is -2.27. The van der Waals surface area contributed by atoms with Crippen LogP contribution in [-0.2, 0) is 12.3 Å². The van der Waals surface area contributed by atoms with E-state index in [1.54, 1.807) is 7.11 Å². The van der Waals surface area contributed by atoms with Gasteiger partial charge in [0.1, 0.15) is 11.4 Å². The van der Waals surface area contributed by atoms with Crippen molar-refractivity contribution < 1.29 is 14.4 Å². The maximum Gasteiger partial charge on any atom is 0.284 e. The number of hydrogen-bond donors (Lipinski definition) is 1. The zero-order chi connectivity index (χ0) is 16.6. The van der Waals surface area contributed by atoms with Gasteiger partial charge in [-0.3, -0.25) is 0 Å². The number of hydrogen-bond acceptors (Lipinski definition) is 3. The maximum atomic E-state index is 11.6. The molecule has 0 amide bonds. The molecule has 24 heavy (non-hydrogen) atoms. The Kier molecular flexibility index (Phi) is 3.47. The topological polar surface area (TPSA) is 36.6 Å².